The predicted molar refractivity (Wildman–Crippen MR) is 76.3 cm³/mol. The summed E-state index contributed by atoms with van der Waals surface area (Å²) in [6.45, 7) is 0.122. The van der Waals surface area contributed by atoms with E-state index in [0.717, 1.165) is 0 Å². The lowest BCUT2D eigenvalue weighted by Crippen LogP contribution is -2.49. The first-order chi connectivity index (χ1) is 10.7. The Morgan fingerprint density at radius 1 is 1.27 bits per heavy atom. The van der Waals surface area contributed by atoms with Crippen LogP contribution in [-0.2, 0) is 25.6 Å². The molecule has 0 amide bonds. The van der Waals surface area contributed by atoms with E-state index >= 15 is 0 Å². The molecule has 1 aromatic rings. The lowest BCUT2D eigenvalue weighted by molar-refractivity contribution is -0.268. The van der Waals surface area contributed by atoms with Crippen molar-refractivity contribution in [3.8, 4) is 6.07 Å². The van der Waals surface area contributed by atoms with E-state index in [1.54, 1.807) is 25.3 Å². The SMILES string of the molecule is CO[C@H]1O[C@H](CC#N)[C@@H](OCc2ccccc2F)C[C@H]1OC. The van der Waals surface area contributed by atoms with E-state index in [1.807, 2.05) is 0 Å². The van der Waals surface area contributed by atoms with Crippen LogP contribution in [-0.4, -0.2) is 38.8 Å². The summed E-state index contributed by atoms with van der Waals surface area (Å²) in [6.07, 6.45) is -0.889. The molecule has 1 aromatic carbocycles. The van der Waals surface area contributed by atoms with Gasteiger partial charge in [-0.05, 0) is 6.07 Å². The van der Waals surface area contributed by atoms with Gasteiger partial charge < -0.3 is 18.9 Å². The summed E-state index contributed by atoms with van der Waals surface area (Å²) in [5, 5.41) is 8.93. The van der Waals surface area contributed by atoms with E-state index in [4.69, 9.17) is 24.2 Å². The molecule has 0 unspecified atom stereocenters. The van der Waals surface area contributed by atoms with Gasteiger partial charge >= 0.3 is 0 Å². The number of halogens is 1. The molecule has 22 heavy (non-hydrogen) atoms. The minimum Gasteiger partial charge on any atom is -0.376 e. The maximum Gasteiger partial charge on any atom is 0.183 e. The Morgan fingerprint density at radius 2 is 2.05 bits per heavy atom. The minimum atomic E-state index is -0.531. The molecule has 0 aromatic heterocycles. The van der Waals surface area contributed by atoms with E-state index < -0.39 is 12.4 Å². The van der Waals surface area contributed by atoms with Gasteiger partial charge in [-0.2, -0.15) is 5.26 Å². The summed E-state index contributed by atoms with van der Waals surface area (Å²) in [7, 11) is 3.10. The first-order valence-corrected chi connectivity index (χ1v) is 7.12. The predicted octanol–water partition coefficient (Wildman–Crippen LogP) is 2.40. The van der Waals surface area contributed by atoms with Crippen molar-refractivity contribution in [2.45, 2.75) is 44.1 Å². The number of nitrogens with zero attached hydrogens (tertiary/aromatic N) is 1. The standard InChI is InChI=1S/C16H20FNO4/c1-19-15-9-14(13(7-8-18)22-16(15)20-2)21-10-11-5-3-4-6-12(11)17/h3-6,13-16H,7,9-10H2,1-2H3/t13-,14+,15-,16+/m1/s1. The van der Waals surface area contributed by atoms with Gasteiger partial charge in [0.1, 0.15) is 11.9 Å². The van der Waals surface area contributed by atoms with Crippen LogP contribution >= 0.6 is 0 Å². The number of ether oxygens (including phenoxy) is 4. The number of rotatable bonds is 6. The zero-order valence-corrected chi connectivity index (χ0v) is 12.7. The number of nitriles is 1. The Balaban J connectivity index is 2.03. The molecule has 120 valence electrons. The molecular weight excluding hydrogens is 289 g/mol. The maximum absolute atomic E-state index is 13.6. The Bertz CT molecular complexity index is 519. The molecule has 5 nitrogen and oxygen atoms in total. The van der Waals surface area contributed by atoms with E-state index in [1.165, 1.54) is 13.2 Å². The maximum atomic E-state index is 13.6. The van der Waals surface area contributed by atoms with E-state index in [0.29, 0.717) is 12.0 Å². The number of methoxy groups -OCH3 is 2. The lowest BCUT2D eigenvalue weighted by atomic mass is 10.00. The number of hydrogen-bond acceptors (Lipinski definition) is 5. The Hall–Kier alpha value is -1.52. The molecule has 0 aliphatic carbocycles. The highest BCUT2D eigenvalue weighted by Crippen LogP contribution is 2.27. The first kappa shape index (κ1) is 16.8. The van der Waals surface area contributed by atoms with Gasteiger partial charge in [0.15, 0.2) is 6.29 Å². The summed E-state index contributed by atoms with van der Waals surface area (Å²) in [4.78, 5) is 0. The molecule has 1 aliphatic rings. The van der Waals surface area contributed by atoms with Crippen LogP contribution in [0.1, 0.15) is 18.4 Å². The van der Waals surface area contributed by atoms with Crippen LogP contribution in [0.3, 0.4) is 0 Å². The molecule has 1 heterocycles. The molecule has 0 saturated carbocycles. The van der Waals surface area contributed by atoms with Gasteiger partial charge in [0.25, 0.3) is 0 Å². The average molecular weight is 309 g/mol. The molecule has 1 saturated heterocycles. The fourth-order valence-corrected chi connectivity index (χ4v) is 2.51. The van der Waals surface area contributed by atoms with Gasteiger partial charge in [-0.1, -0.05) is 18.2 Å². The number of hydrogen-bond donors (Lipinski definition) is 0. The molecule has 4 atom stereocenters. The third kappa shape index (κ3) is 4.02. The Kier molecular flexibility index (Phi) is 6.28. The lowest BCUT2D eigenvalue weighted by Gasteiger charge is -2.39. The van der Waals surface area contributed by atoms with Crippen LogP contribution in [0.4, 0.5) is 4.39 Å². The highest BCUT2D eigenvalue weighted by Gasteiger charge is 2.39. The fourth-order valence-electron chi connectivity index (χ4n) is 2.51. The first-order valence-electron chi connectivity index (χ1n) is 7.12. The van der Waals surface area contributed by atoms with Crippen molar-refractivity contribution in [1.82, 2.24) is 0 Å². The molecule has 1 fully saturated rings. The summed E-state index contributed by atoms with van der Waals surface area (Å²) in [6, 6.07) is 8.53. The van der Waals surface area contributed by atoms with E-state index in [-0.39, 0.29) is 31.1 Å². The van der Waals surface area contributed by atoms with Crippen LogP contribution in [0.15, 0.2) is 24.3 Å². The van der Waals surface area contributed by atoms with Crippen molar-refractivity contribution < 1.29 is 23.3 Å². The smallest absolute Gasteiger partial charge is 0.183 e. The van der Waals surface area contributed by atoms with Gasteiger partial charge in [-0.3, -0.25) is 0 Å². The molecule has 0 radical (unpaired) electrons. The van der Waals surface area contributed by atoms with Crippen LogP contribution in [0.2, 0.25) is 0 Å². The molecule has 2 rings (SSSR count). The monoisotopic (exact) mass is 309 g/mol. The van der Waals surface area contributed by atoms with E-state index in [2.05, 4.69) is 6.07 Å². The van der Waals surface area contributed by atoms with Crippen LogP contribution in [0, 0.1) is 17.1 Å². The van der Waals surface area contributed by atoms with Gasteiger partial charge in [-0.15, -0.1) is 0 Å². The minimum absolute atomic E-state index is 0.122. The van der Waals surface area contributed by atoms with Crippen LogP contribution in [0.25, 0.3) is 0 Å². The van der Waals surface area contributed by atoms with Gasteiger partial charge in [-0.25, -0.2) is 4.39 Å². The summed E-state index contributed by atoms with van der Waals surface area (Å²) in [5.74, 6) is -0.311. The summed E-state index contributed by atoms with van der Waals surface area (Å²) >= 11 is 0. The van der Waals surface area contributed by atoms with E-state index in [9.17, 15) is 4.39 Å². The number of benzene rings is 1. The largest absolute Gasteiger partial charge is 0.376 e. The van der Waals surface area contributed by atoms with Crippen molar-refractivity contribution >= 4 is 0 Å². The average Bonchev–Trinajstić information content (AvgIpc) is 2.54. The van der Waals surface area contributed by atoms with Crippen molar-refractivity contribution in [3.05, 3.63) is 35.6 Å². The second-order valence-electron chi connectivity index (χ2n) is 5.09. The molecule has 0 N–H and O–H groups in total. The molecule has 1 aliphatic heterocycles. The topological polar surface area (TPSA) is 60.7 Å². The second-order valence-corrected chi connectivity index (χ2v) is 5.09. The Morgan fingerprint density at radius 3 is 2.68 bits per heavy atom. The molecular formula is C16H20FNO4. The van der Waals surface area contributed by atoms with Gasteiger partial charge in [0, 0.05) is 26.2 Å². The fraction of sp³-hybridized carbons (Fsp3) is 0.562. The highest BCUT2D eigenvalue weighted by molar-refractivity contribution is 5.16. The van der Waals surface area contributed by atoms with Crippen molar-refractivity contribution in [2.24, 2.45) is 0 Å². The van der Waals surface area contributed by atoms with Crippen LogP contribution < -0.4 is 0 Å². The summed E-state index contributed by atoms with van der Waals surface area (Å²) < 4.78 is 35.7. The quantitative estimate of drug-likeness (QED) is 0.807. The van der Waals surface area contributed by atoms with Crippen molar-refractivity contribution in [2.75, 3.05) is 14.2 Å². The summed E-state index contributed by atoms with van der Waals surface area (Å²) in [5.41, 5.74) is 0.473. The third-order valence-corrected chi connectivity index (χ3v) is 3.73. The zero-order chi connectivity index (χ0) is 15.9. The van der Waals surface area contributed by atoms with Gasteiger partial charge in [0.05, 0.1) is 31.3 Å². The Labute approximate surface area is 129 Å². The molecule has 0 bridgehead atoms. The third-order valence-electron chi connectivity index (χ3n) is 3.73. The zero-order valence-electron chi connectivity index (χ0n) is 12.7. The van der Waals surface area contributed by atoms with Crippen LogP contribution in [0.5, 0.6) is 0 Å². The molecule has 0 spiro atoms. The van der Waals surface area contributed by atoms with Gasteiger partial charge in [0.2, 0.25) is 0 Å². The van der Waals surface area contributed by atoms with Crippen molar-refractivity contribution in [3.63, 3.8) is 0 Å². The molecule has 6 heteroatoms. The van der Waals surface area contributed by atoms with Crippen molar-refractivity contribution in [1.29, 1.82) is 5.26 Å². The highest BCUT2D eigenvalue weighted by atomic mass is 19.1. The second kappa shape index (κ2) is 8.20. The normalized spacial score (nSPS) is 28.3.